The number of hydrogen-bond donors (Lipinski definition) is 3. The number of anilines is 1. The normalized spacial score (nSPS) is 9.40. The van der Waals surface area contributed by atoms with Crippen molar-refractivity contribution < 1.29 is 14.7 Å². The number of urea groups is 1. The molecule has 0 bridgehead atoms. The lowest BCUT2D eigenvalue weighted by atomic mass is 10.2. The Morgan fingerprint density at radius 1 is 1.20 bits per heavy atom. The molecule has 0 aliphatic rings. The van der Waals surface area contributed by atoms with Crippen molar-refractivity contribution in [1.82, 2.24) is 0 Å². The van der Waals surface area contributed by atoms with E-state index in [4.69, 9.17) is 10.8 Å². The molecule has 0 atom stereocenters. The summed E-state index contributed by atoms with van der Waals surface area (Å²) in [5.41, 5.74) is 5.79. The molecule has 0 saturated heterocycles. The van der Waals surface area contributed by atoms with Crippen LogP contribution < -0.4 is 11.1 Å². The first kappa shape index (κ1) is 13.6. The largest absolute Gasteiger partial charge is 0.478 e. The minimum Gasteiger partial charge on any atom is -0.478 e. The standard InChI is InChI=1S/C14H10N2O3S/c15-14(19)16-12-11(13(17)18)8-10(20-12)7-6-9-4-2-1-3-5-9/h1-5,8H,(H,17,18)(H3,15,16,19). The Balaban J connectivity index is 2.32. The summed E-state index contributed by atoms with van der Waals surface area (Å²) in [4.78, 5) is 22.4. The molecular weight excluding hydrogens is 276 g/mol. The highest BCUT2D eigenvalue weighted by atomic mass is 32.1. The molecule has 0 aliphatic heterocycles. The number of nitrogens with two attached hydrogens (primary N) is 1. The predicted octanol–water partition coefficient (Wildman–Crippen LogP) is 2.34. The maximum Gasteiger partial charge on any atom is 0.338 e. The fourth-order valence-electron chi connectivity index (χ4n) is 1.47. The minimum atomic E-state index is -1.14. The van der Waals surface area contributed by atoms with E-state index in [1.165, 1.54) is 6.07 Å². The van der Waals surface area contributed by atoms with Crippen molar-refractivity contribution in [2.45, 2.75) is 0 Å². The molecule has 0 fully saturated rings. The van der Waals surface area contributed by atoms with Gasteiger partial charge in [-0.3, -0.25) is 5.32 Å². The summed E-state index contributed by atoms with van der Waals surface area (Å²) in [5.74, 6) is 4.64. The maximum absolute atomic E-state index is 11.1. The zero-order valence-electron chi connectivity index (χ0n) is 10.2. The van der Waals surface area contributed by atoms with Gasteiger partial charge in [0.05, 0.1) is 10.4 Å². The highest BCUT2D eigenvalue weighted by Gasteiger charge is 2.15. The number of amides is 2. The third-order valence-electron chi connectivity index (χ3n) is 2.30. The molecule has 100 valence electrons. The highest BCUT2D eigenvalue weighted by molar-refractivity contribution is 7.17. The second-order valence-electron chi connectivity index (χ2n) is 3.76. The fraction of sp³-hybridized carbons (Fsp3) is 0. The number of benzene rings is 1. The summed E-state index contributed by atoms with van der Waals surface area (Å²) in [5, 5.41) is 11.5. The van der Waals surface area contributed by atoms with E-state index < -0.39 is 12.0 Å². The first-order valence-electron chi connectivity index (χ1n) is 5.57. The van der Waals surface area contributed by atoms with E-state index in [1.807, 2.05) is 30.3 Å². The molecule has 0 radical (unpaired) electrons. The number of nitrogens with one attached hydrogen (secondary N) is 1. The number of aromatic carboxylic acids is 1. The average Bonchev–Trinajstić information content (AvgIpc) is 2.80. The van der Waals surface area contributed by atoms with Gasteiger partial charge in [-0.25, -0.2) is 9.59 Å². The Morgan fingerprint density at radius 3 is 2.50 bits per heavy atom. The molecule has 0 spiro atoms. The molecule has 0 aliphatic carbocycles. The second kappa shape index (κ2) is 5.91. The van der Waals surface area contributed by atoms with Gasteiger partial charge < -0.3 is 10.8 Å². The Bertz CT molecular complexity index is 711. The molecule has 1 aromatic carbocycles. The molecule has 1 heterocycles. The van der Waals surface area contributed by atoms with Crippen molar-refractivity contribution in [2.24, 2.45) is 5.73 Å². The molecule has 2 amide bonds. The number of thiophene rings is 1. The summed E-state index contributed by atoms with van der Waals surface area (Å²) < 4.78 is 0. The van der Waals surface area contributed by atoms with Crippen molar-refractivity contribution in [2.75, 3.05) is 5.32 Å². The maximum atomic E-state index is 11.1. The molecule has 2 aromatic rings. The zero-order valence-corrected chi connectivity index (χ0v) is 11.0. The number of hydrogen-bond acceptors (Lipinski definition) is 3. The summed E-state index contributed by atoms with van der Waals surface area (Å²) in [7, 11) is 0. The van der Waals surface area contributed by atoms with Gasteiger partial charge >= 0.3 is 12.0 Å². The average molecular weight is 286 g/mol. The molecule has 0 unspecified atom stereocenters. The van der Waals surface area contributed by atoms with Gasteiger partial charge in [0.15, 0.2) is 0 Å². The SMILES string of the molecule is NC(=O)Nc1sc(C#Cc2ccccc2)cc1C(=O)O. The first-order valence-corrected chi connectivity index (χ1v) is 6.38. The third-order valence-corrected chi connectivity index (χ3v) is 3.27. The Labute approximate surface area is 119 Å². The Hall–Kier alpha value is -2.78. The number of rotatable bonds is 2. The van der Waals surface area contributed by atoms with E-state index in [0.29, 0.717) is 4.88 Å². The third kappa shape index (κ3) is 3.37. The van der Waals surface area contributed by atoms with Crippen LogP contribution in [-0.2, 0) is 0 Å². The van der Waals surface area contributed by atoms with Crippen LogP contribution >= 0.6 is 11.3 Å². The van der Waals surface area contributed by atoms with Crippen molar-refractivity contribution in [3.63, 3.8) is 0 Å². The van der Waals surface area contributed by atoms with Crippen LogP contribution in [0.5, 0.6) is 0 Å². The van der Waals surface area contributed by atoms with Crippen molar-refractivity contribution >= 4 is 28.3 Å². The fourth-order valence-corrected chi connectivity index (χ4v) is 2.38. The van der Waals surface area contributed by atoms with Gasteiger partial charge in [-0.2, -0.15) is 0 Å². The number of primary amides is 1. The van der Waals surface area contributed by atoms with Crippen LogP contribution in [0, 0.1) is 11.8 Å². The van der Waals surface area contributed by atoms with Gasteiger partial charge in [0.1, 0.15) is 5.00 Å². The second-order valence-corrected chi connectivity index (χ2v) is 4.82. The zero-order chi connectivity index (χ0) is 14.5. The molecule has 2 rings (SSSR count). The van der Waals surface area contributed by atoms with Gasteiger partial charge in [-0.15, -0.1) is 11.3 Å². The van der Waals surface area contributed by atoms with E-state index in [9.17, 15) is 9.59 Å². The molecular formula is C14H10N2O3S. The first-order chi connectivity index (χ1) is 9.56. The van der Waals surface area contributed by atoms with Crippen molar-refractivity contribution in [3.05, 3.63) is 52.4 Å². The molecule has 1 aromatic heterocycles. The lowest BCUT2D eigenvalue weighted by Crippen LogP contribution is -2.19. The van der Waals surface area contributed by atoms with Crippen LogP contribution in [0.15, 0.2) is 36.4 Å². The van der Waals surface area contributed by atoms with Crippen LogP contribution in [0.3, 0.4) is 0 Å². The summed E-state index contributed by atoms with van der Waals surface area (Å²) in [6.45, 7) is 0. The van der Waals surface area contributed by atoms with Crippen LogP contribution in [0.4, 0.5) is 9.80 Å². The Morgan fingerprint density at radius 2 is 1.90 bits per heavy atom. The minimum absolute atomic E-state index is 0.0221. The molecule has 6 heteroatoms. The smallest absolute Gasteiger partial charge is 0.338 e. The van der Waals surface area contributed by atoms with Crippen LogP contribution in [0.2, 0.25) is 0 Å². The van der Waals surface area contributed by atoms with Crippen LogP contribution in [0.25, 0.3) is 0 Å². The van der Waals surface area contributed by atoms with E-state index >= 15 is 0 Å². The molecule has 20 heavy (non-hydrogen) atoms. The lowest BCUT2D eigenvalue weighted by molar-refractivity contribution is 0.0698. The van der Waals surface area contributed by atoms with Crippen molar-refractivity contribution in [3.8, 4) is 11.8 Å². The molecule has 0 saturated carbocycles. The monoisotopic (exact) mass is 286 g/mol. The van der Waals surface area contributed by atoms with E-state index in [2.05, 4.69) is 17.2 Å². The lowest BCUT2D eigenvalue weighted by Gasteiger charge is -1.97. The van der Waals surface area contributed by atoms with Crippen LogP contribution in [-0.4, -0.2) is 17.1 Å². The van der Waals surface area contributed by atoms with Gasteiger partial charge in [-0.1, -0.05) is 30.0 Å². The number of carbonyl (C=O) groups is 2. The van der Waals surface area contributed by atoms with E-state index in [1.54, 1.807) is 0 Å². The number of carboxylic acid groups (broad SMARTS) is 1. The molecule has 5 nitrogen and oxygen atoms in total. The van der Waals surface area contributed by atoms with Gasteiger partial charge in [0.25, 0.3) is 0 Å². The topological polar surface area (TPSA) is 92.4 Å². The number of carbonyl (C=O) groups excluding carboxylic acids is 1. The summed E-state index contributed by atoms with van der Waals surface area (Å²) >= 11 is 1.07. The highest BCUT2D eigenvalue weighted by Crippen LogP contribution is 2.27. The predicted molar refractivity (Wildman–Crippen MR) is 76.9 cm³/mol. The summed E-state index contributed by atoms with van der Waals surface area (Å²) in [6.07, 6.45) is 0. The van der Waals surface area contributed by atoms with Crippen molar-refractivity contribution in [1.29, 1.82) is 0 Å². The molecule has 4 N–H and O–H groups in total. The quantitative estimate of drug-likeness (QED) is 0.740. The van der Waals surface area contributed by atoms with Gasteiger partial charge in [0, 0.05) is 5.56 Å². The Kier molecular flexibility index (Phi) is 4.03. The van der Waals surface area contributed by atoms with E-state index in [-0.39, 0.29) is 10.6 Å². The van der Waals surface area contributed by atoms with Gasteiger partial charge in [-0.05, 0) is 18.2 Å². The summed E-state index contributed by atoms with van der Waals surface area (Å²) in [6, 6.07) is 9.91. The van der Waals surface area contributed by atoms with E-state index in [0.717, 1.165) is 16.9 Å². The van der Waals surface area contributed by atoms with Gasteiger partial charge in [0.2, 0.25) is 0 Å². The number of carboxylic acids is 1. The van der Waals surface area contributed by atoms with Crippen LogP contribution in [0.1, 0.15) is 20.8 Å².